The van der Waals surface area contributed by atoms with E-state index < -0.39 is 0 Å². The average molecular weight is 364 g/mol. The van der Waals surface area contributed by atoms with E-state index in [1.54, 1.807) is 0 Å². The fourth-order valence-electron chi connectivity index (χ4n) is 2.12. The molecule has 3 rings (SSSR count). The van der Waals surface area contributed by atoms with Crippen LogP contribution in [0.5, 0.6) is 0 Å². The number of nitrogens with zero attached hydrogens (tertiary/aromatic N) is 5. The summed E-state index contributed by atoms with van der Waals surface area (Å²) < 4.78 is 7.30. The number of benzene rings is 1. The van der Waals surface area contributed by atoms with Crippen LogP contribution in [0.15, 0.2) is 33.9 Å². The molecule has 2 heterocycles. The summed E-state index contributed by atoms with van der Waals surface area (Å²) in [6.45, 7) is 6.08. The largest absolute Gasteiger partial charge is 0.338 e. The first-order chi connectivity index (χ1) is 11.5. The van der Waals surface area contributed by atoms with E-state index in [-0.39, 0.29) is 11.2 Å². The molecule has 8 heteroatoms. The summed E-state index contributed by atoms with van der Waals surface area (Å²) >= 11 is 7.47. The van der Waals surface area contributed by atoms with Crippen LogP contribution in [0.1, 0.15) is 43.7 Å². The molecule has 6 nitrogen and oxygen atoms in total. The van der Waals surface area contributed by atoms with Gasteiger partial charge in [0.2, 0.25) is 5.89 Å². The smallest absolute Gasteiger partial charge is 0.239 e. The maximum atomic E-state index is 5.93. The molecule has 0 aliphatic heterocycles. The van der Waals surface area contributed by atoms with Gasteiger partial charge < -0.3 is 9.09 Å². The Morgan fingerprint density at radius 2 is 1.83 bits per heavy atom. The van der Waals surface area contributed by atoms with E-state index in [1.807, 2.05) is 56.7 Å². The van der Waals surface area contributed by atoms with Crippen molar-refractivity contribution in [2.75, 3.05) is 0 Å². The fraction of sp³-hybridized carbons (Fsp3) is 0.375. The Labute approximate surface area is 149 Å². The van der Waals surface area contributed by atoms with Crippen LogP contribution in [0.4, 0.5) is 0 Å². The molecule has 2 aromatic heterocycles. The van der Waals surface area contributed by atoms with Gasteiger partial charge in [-0.2, -0.15) is 4.98 Å². The Hall–Kier alpha value is -1.86. The molecule has 24 heavy (non-hydrogen) atoms. The molecule has 0 amide bonds. The minimum absolute atomic E-state index is 0.00836. The summed E-state index contributed by atoms with van der Waals surface area (Å²) in [6, 6.07) is 7.54. The molecule has 0 N–H and O–H groups in total. The number of rotatable bonds is 5. The lowest BCUT2D eigenvalue weighted by Gasteiger charge is -2.07. The monoisotopic (exact) mass is 363 g/mol. The quantitative estimate of drug-likeness (QED) is 0.622. The molecule has 0 aliphatic carbocycles. The summed E-state index contributed by atoms with van der Waals surface area (Å²) in [7, 11) is 1.94. The number of aromatic nitrogens is 5. The number of hydrogen-bond donors (Lipinski definition) is 0. The van der Waals surface area contributed by atoms with Crippen molar-refractivity contribution in [3.8, 4) is 11.4 Å². The zero-order chi connectivity index (χ0) is 17.3. The van der Waals surface area contributed by atoms with Crippen molar-refractivity contribution < 1.29 is 4.52 Å². The average Bonchev–Trinajstić information content (AvgIpc) is 3.17. The lowest BCUT2D eigenvalue weighted by atomic mass is 10.2. The van der Waals surface area contributed by atoms with Crippen molar-refractivity contribution in [1.29, 1.82) is 0 Å². The third kappa shape index (κ3) is 3.47. The van der Waals surface area contributed by atoms with Crippen LogP contribution in [-0.2, 0) is 7.05 Å². The second-order valence-electron chi connectivity index (χ2n) is 5.78. The lowest BCUT2D eigenvalue weighted by molar-refractivity contribution is 0.373. The van der Waals surface area contributed by atoms with Crippen molar-refractivity contribution in [3.63, 3.8) is 0 Å². The summed E-state index contributed by atoms with van der Waals surface area (Å²) in [5.41, 5.74) is 0.966. The second kappa shape index (κ2) is 6.94. The van der Waals surface area contributed by atoms with Crippen LogP contribution in [0.2, 0.25) is 5.02 Å². The van der Waals surface area contributed by atoms with Gasteiger partial charge in [0.05, 0.1) is 5.25 Å². The summed E-state index contributed by atoms with van der Waals surface area (Å²) in [6.07, 6.45) is 0. The zero-order valence-electron chi connectivity index (χ0n) is 13.9. The van der Waals surface area contributed by atoms with Crippen LogP contribution >= 0.6 is 23.4 Å². The van der Waals surface area contributed by atoms with Gasteiger partial charge in [-0.3, -0.25) is 0 Å². The van der Waals surface area contributed by atoms with Gasteiger partial charge in [0.15, 0.2) is 16.8 Å². The standard InChI is InChI=1S/C16H18ClN5OS/c1-9(2)13-18-15(23-21-13)10(3)24-16-20-19-14(22(16)4)11-5-7-12(17)8-6-11/h5-10H,1-4H3. The first-order valence-corrected chi connectivity index (χ1v) is 8.87. The Morgan fingerprint density at radius 1 is 1.12 bits per heavy atom. The maximum Gasteiger partial charge on any atom is 0.239 e. The topological polar surface area (TPSA) is 69.6 Å². The van der Waals surface area contributed by atoms with Gasteiger partial charge in [-0.1, -0.05) is 42.4 Å². The molecule has 1 aromatic carbocycles. The molecular formula is C16H18ClN5OS. The van der Waals surface area contributed by atoms with Crippen molar-refractivity contribution >= 4 is 23.4 Å². The number of thioether (sulfide) groups is 1. The summed E-state index contributed by atoms with van der Waals surface area (Å²) in [4.78, 5) is 4.44. The Balaban J connectivity index is 1.79. The van der Waals surface area contributed by atoms with E-state index in [4.69, 9.17) is 16.1 Å². The first kappa shape index (κ1) is 17.0. The van der Waals surface area contributed by atoms with Gasteiger partial charge in [0.1, 0.15) is 0 Å². The third-order valence-corrected chi connectivity index (χ3v) is 4.91. The Bertz CT molecular complexity index is 827. The van der Waals surface area contributed by atoms with E-state index in [1.165, 1.54) is 11.8 Å². The van der Waals surface area contributed by atoms with Gasteiger partial charge in [0.25, 0.3) is 0 Å². The van der Waals surface area contributed by atoms with Crippen LogP contribution in [0.25, 0.3) is 11.4 Å². The van der Waals surface area contributed by atoms with Crippen molar-refractivity contribution in [3.05, 3.63) is 41.0 Å². The SMILES string of the molecule is CC(C)c1noc(C(C)Sc2nnc(-c3ccc(Cl)cc3)n2C)n1. The van der Waals surface area contributed by atoms with Gasteiger partial charge in [-0.05, 0) is 31.2 Å². The third-order valence-electron chi connectivity index (χ3n) is 3.54. The fourth-order valence-corrected chi connectivity index (χ4v) is 3.09. The normalized spacial score (nSPS) is 12.8. The number of halogens is 1. The highest BCUT2D eigenvalue weighted by molar-refractivity contribution is 7.99. The molecule has 0 bridgehead atoms. The predicted molar refractivity (Wildman–Crippen MR) is 94.1 cm³/mol. The van der Waals surface area contributed by atoms with E-state index in [0.717, 1.165) is 22.4 Å². The van der Waals surface area contributed by atoms with E-state index in [9.17, 15) is 0 Å². The highest BCUT2D eigenvalue weighted by Crippen LogP contribution is 2.34. The first-order valence-electron chi connectivity index (χ1n) is 7.61. The molecule has 1 unspecified atom stereocenters. The van der Waals surface area contributed by atoms with E-state index >= 15 is 0 Å². The van der Waals surface area contributed by atoms with Crippen molar-refractivity contribution in [2.24, 2.45) is 7.05 Å². The van der Waals surface area contributed by atoms with Crippen LogP contribution in [-0.4, -0.2) is 24.9 Å². The highest BCUT2D eigenvalue weighted by Gasteiger charge is 2.20. The van der Waals surface area contributed by atoms with E-state index in [2.05, 4.69) is 20.3 Å². The maximum absolute atomic E-state index is 5.93. The summed E-state index contributed by atoms with van der Waals surface area (Å²) in [5.74, 6) is 2.35. The molecule has 0 saturated carbocycles. The molecular weight excluding hydrogens is 346 g/mol. The minimum atomic E-state index is -0.00836. The second-order valence-corrected chi connectivity index (χ2v) is 7.52. The van der Waals surface area contributed by atoms with Gasteiger partial charge in [-0.25, -0.2) is 0 Å². The molecule has 1 atom stereocenters. The van der Waals surface area contributed by atoms with Crippen molar-refractivity contribution in [2.45, 2.75) is 37.1 Å². The zero-order valence-corrected chi connectivity index (χ0v) is 15.5. The Morgan fingerprint density at radius 3 is 2.46 bits per heavy atom. The van der Waals surface area contributed by atoms with Crippen LogP contribution < -0.4 is 0 Å². The predicted octanol–water partition coefficient (Wildman–Crippen LogP) is 4.50. The van der Waals surface area contributed by atoms with Gasteiger partial charge >= 0.3 is 0 Å². The molecule has 0 saturated heterocycles. The lowest BCUT2D eigenvalue weighted by Crippen LogP contribution is -1.97. The van der Waals surface area contributed by atoms with Gasteiger partial charge in [0, 0.05) is 23.6 Å². The van der Waals surface area contributed by atoms with Crippen molar-refractivity contribution in [1.82, 2.24) is 24.9 Å². The summed E-state index contributed by atoms with van der Waals surface area (Å²) in [5, 5.41) is 14.0. The van der Waals surface area contributed by atoms with Crippen LogP contribution in [0, 0.1) is 0 Å². The Kier molecular flexibility index (Phi) is 4.91. The van der Waals surface area contributed by atoms with E-state index in [0.29, 0.717) is 10.9 Å². The van der Waals surface area contributed by atoms with Crippen LogP contribution in [0.3, 0.4) is 0 Å². The number of hydrogen-bond acceptors (Lipinski definition) is 6. The molecule has 0 spiro atoms. The highest BCUT2D eigenvalue weighted by atomic mass is 35.5. The van der Waals surface area contributed by atoms with Gasteiger partial charge in [-0.15, -0.1) is 10.2 Å². The molecule has 0 radical (unpaired) electrons. The molecule has 126 valence electrons. The molecule has 0 aliphatic rings. The molecule has 0 fully saturated rings. The molecule has 3 aromatic rings. The minimum Gasteiger partial charge on any atom is -0.338 e.